The van der Waals surface area contributed by atoms with Crippen LogP contribution in [0.1, 0.15) is 24.8 Å². The summed E-state index contributed by atoms with van der Waals surface area (Å²) in [6, 6.07) is 10.7. The minimum Gasteiger partial charge on any atom is -0.472 e. The van der Waals surface area contributed by atoms with Crippen molar-refractivity contribution >= 4 is 17.8 Å². The van der Waals surface area contributed by atoms with Gasteiger partial charge in [-0.15, -0.1) is 0 Å². The summed E-state index contributed by atoms with van der Waals surface area (Å²) in [6.45, 7) is 0.498. The Morgan fingerprint density at radius 3 is 2.62 bits per heavy atom. The summed E-state index contributed by atoms with van der Waals surface area (Å²) in [5.41, 5.74) is 1.16. The minimum absolute atomic E-state index is 0.0561. The van der Waals surface area contributed by atoms with Crippen molar-refractivity contribution < 1.29 is 14.3 Å². The molecule has 0 bridgehead atoms. The maximum atomic E-state index is 11.1. The Kier molecular flexibility index (Phi) is 5.58. The number of benzene rings is 1. The third-order valence-corrected chi connectivity index (χ3v) is 3.96. The van der Waals surface area contributed by atoms with E-state index in [1.54, 1.807) is 42.6 Å². The standard InChI is InChI=1S/C19H20N4O3/c20-10-9-17(21)13-1-3-14(4-2-13)25-15-6-8-19(23-12-15)26-16-5-7-18(24)22-11-16/h1-4,6,8,10,12,16,20-21H,5,7,9,11H2,(H,22,24). The third kappa shape index (κ3) is 4.66. The molecule has 0 saturated carbocycles. The highest BCUT2D eigenvalue weighted by atomic mass is 16.5. The number of carbonyl (C=O) groups is 1. The van der Waals surface area contributed by atoms with E-state index in [9.17, 15) is 4.79 Å². The van der Waals surface area contributed by atoms with E-state index in [4.69, 9.17) is 20.3 Å². The van der Waals surface area contributed by atoms with Crippen molar-refractivity contribution in [3.05, 3.63) is 48.2 Å². The monoisotopic (exact) mass is 352 g/mol. The van der Waals surface area contributed by atoms with E-state index in [1.165, 1.54) is 6.21 Å². The van der Waals surface area contributed by atoms with Crippen LogP contribution in [0.25, 0.3) is 0 Å². The second-order valence-electron chi connectivity index (χ2n) is 5.93. The molecule has 0 radical (unpaired) electrons. The SMILES string of the molecule is N=CCC(=N)c1ccc(Oc2ccc(OC3CCC(=O)NC3)nc2)cc1. The molecule has 2 aromatic rings. The average Bonchev–Trinajstić information content (AvgIpc) is 2.66. The van der Waals surface area contributed by atoms with Gasteiger partial charge >= 0.3 is 0 Å². The highest BCUT2D eigenvalue weighted by Crippen LogP contribution is 2.23. The van der Waals surface area contributed by atoms with Crippen molar-refractivity contribution in [2.45, 2.75) is 25.4 Å². The first-order valence-electron chi connectivity index (χ1n) is 8.38. The van der Waals surface area contributed by atoms with Crippen LogP contribution in [-0.2, 0) is 4.79 Å². The van der Waals surface area contributed by atoms with Gasteiger partial charge in [0.2, 0.25) is 11.8 Å². The quantitative estimate of drug-likeness (QED) is 0.666. The molecule has 0 aliphatic carbocycles. The molecule has 134 valence electrons. The normalized spacial score (nSPS) is 16.5. The van der Waals surface area contributed by atoms with Crippen LogP contribution in [0.2, 0.25) is 0 Å². The van der Waals surface area contributed by atoms with E-state index in [0.29, 0.717) is 48.9 Å². The summed E-state index contributed by atoms with van der Waals surface area (Å²) in [6.07, 6.45) is 4.21. The van der Waals surface area contributed by atoms with Gasteiger partial charge < -0.3 is 25.6 Å². The fraction of sp³-hybridized carbons (Fsp3) is 0.263. The minimum atomic E-state index is -0.0594. The number of ether oxygens (including phenoxy) is 2. The molecule has 7 nitrogen and oxygen atoms in total. The van der Waals surface area contributed by atoms with E-state index in [2.05, 4.69) is 10.3 Å². The van der Waals surface area contributed by atoms with Crippen LogP contribution in [0.5, 0.6) is 17.4 Å². The summed E-state index contributed by atoms with van der Waals surface area (Å²) in [7, 11) is 0. The number of piperidine rings is 1. The Morgan fingerprint density at radius 1 is 1.23 bits per heavy atom. The highest BCUT2D eigenvalue weighted by Gasteiger charge is 2.19. The van der Waals surface area contributed by atoms with Gasteiger partial charge in [-0.1, -0.05) is 0 Å². The molecule has 1 atom stereocenters. The van der Waals surface area contributed by atoms with E-state index in [0.717, 1.165) is 5.56 Å². The number of amides is 1. The molecule has 1 aliphatic heterocycles. The van der Waals surface area contributed by atoms with E-state index in [1.807, 2.05) is 0 Å². The molecular weight excluding hydrogens is 332 g/mol. The van der Waals surface area contributed by atoms with E-state index >= 15 is 0 Å². The van der Waals surface area contributed by atoms with Gasteiger partial charge in [0.05, 0.1) is 12.7 Å². The van der Waals surface area contributed by atoms with Crippen LogP contribution >= 0.6 is 0 Å². The number of aromatic nitrogens is 1. The Morgan fingerprint density at radius 2 is 2.00 bits per heavy atom. The topological polar surface area (TPSA) is 108 Å². The van der Waals surface area contributed by atoms with Gasteiger partial charge in [0.15, 0.2) is 0 Å². The highest BCUT2D eigenvalue weighted by molar-refractivity contribution is 6.04. The van der Waals surface area contributed by atoms with Crippen molar-refractivity contribution in [3.8, 4) is 17.4 Å². The van der Waals surface area contributed by atoms with Gasteiger partial charge in [-0.25, -0.2) is 4.98 Å². The fourth-order valence-electron chi connectivity index (χ4n) is 2.56. The van der Waals surface area contributed by atoms with Gasteiger partial charge in [0.25, 0.3) is 0 Å². The molecule has 1 saturated heterocycles. The molecule has 2 heterocycles. The van der Waals surface area contributed by atoms with Crippen LogP contribution in [0.3, 0.4) is 0 Å². The molecular formula is C19H20N4O3. The lowest BCUT2D eigenvalue weighted by Gasteiger charge is -2.22. The zero-order chi connectivity index (χ0) is 18.4. The first-order chi connectivity index (χ1) is 12.6. The van der Waals surface area contributed by atoms with Gasteiger partial charge in [0, 0.05) is 30.8 Å². The van der Waals surface area contributed by atoms with Crippen molar-refractivity contribution in [1.82, 2.24) is 10.3 Å². The molecule has 1 amide bonds. The first-order valence-corrected chi connectivity index (χ1v) is 8.38. The number of hydrogen-bond donors (Lipinski definition) is 3. The summed E-state index contributed by atoms with van der Waals surface area (Å²) in [4.78, 5) is 15.4. The number of pyridine rings is 1. The second-order valence-corrected chi connectivity index (χ2v) is 5.93. The third-order valence-electron chi connectivity index (χ3n) is 3.96. The van der Waals surface area contributed by atoms with Gasteiger partial charge in [-0.05, 0) is 42.3 Å². The Bertz CT molecular complexity index is 777. The maximum Gasteiger partial charge on any atom is 0.220 e. The zero-order valence-corrected chi connectivity index (χ0v) is 14.2. The molecule has 26 heavy (non-hydrogen) atoms. The van der Waals surface area contributed by atoms with Crippen LogP contribution in [-0.4, -0.2) is 35.5 Å². The number of nitrogens with zero attached hydrogens (tertiary/aromatic N) is 1. The first kappa shape index (κ1) is 17.6. The van der Waals surface area contributed by atoms with Gasteiger partial charge in [-0.2, -0.15) is 0 Å². The van der Waals surface area contributed by atoms with Crippen molar-refractivity contribution in [1.29, 1.82) is 10.8 Å². The fourth-order valence-corrected chi connectivity index (χ4v) is 2.56. The molecule has 1 aromatic heterocycles. The van der Waals surface area contributed by atoms with Crippen LogP contribution in [0, 0.1) is 10.8 Å². The number of carbonyl (C=O) groups excluding carboxylic acids is 1. The lowest BCUT2D eigenvalue weighted by molar-refractivity contribution is -0.123. The average molecular weight is 352 g/mol. The molecule has 1 aliphatic rings. The maximum absolute atomic E-state index is 11.1. The number of hydrogen-bond acceptors (Lipinski definition) is 6. The summed E-state index contributed by atoms with van der Waals surface area (Å²) < 4.78 is 11.5. The Balaban J connectivity index is 1.56. The second kappa shape index (κ2) is 8.24. The number of rotatable bonds is 7. The van der Waals surface area contributed by atoms with Gasteiger partial charge in [-0.3, -0.25) is 4.79 Å². The molecule has 0 spiro atoms. The zero-order valence-electron chi connectivity index (χ0n) is 14.2. The van der Waals surface area contributed by atoms with Crippen LogP contribution < -0.4 is 14.8 Å². The summed E-state index contributed by atoms with van der Waals surface area (Å²) in [5, 5.41) is 17.6. The van der Waals surface area contributed by atoms with Crippen LogP contribution in [0.15, 0.2) is 42.6 Å². The summed E-state index contributed by atoms with van der Waals surface area (Å²) >= 11 is 0. The Labute approximate surface area is 151 Å². The van der Waals surface area contributed by atoms with E-state index in [-0.39, 0.29) is 12.0 Å². The number of nitrogens with one attached hydrogen (secondary N) is 3. The van der Waals surface area contributed by atoms with Crippen molar-refractivity contribution in [2.75, 3.05) is 6.54 Å². The predicted molar refractivity (Wildman–Crippen MR) is 97.6 cm³/mol. The lowest BCUT2D eigenvalue weighted by atomic mass is 10.1. The summed E-state index contributed by atoms with van der Waals surface area (Å²) in [5.74, 6) is 1.77. The van der Waals surface area contributed by atoms with Gasteiger partial charge in [0.1, 0.15) is 17.6 Å². The van der Waals surface area contributed by atoms with E-state index < -0.39 is 0 Å². The largest absolute Gasteiger partial charge is 0.472 e. The smallest absolute Gasteiger partial charge is 0.220 e. The molecule has 1 unspecified atom stereocenters. The molecule has 3 N–H and O–H groups in total. The van der Waals surface area contributed by atoms with Crippen molar-refractivity contribution in [3.63, 3.8) is 0 Å². The molecule has 1 aromatic carbocycles. The Hall–Kier alpha value is -3.22. The van der Waals surface area contributed by atoms with Crippen molar-refractivity contribution in [2.24, 2.45) is 0 Å². The molecule has 7 heteroatoms. The lowest BCUT2D eigenvalue weighted by Crippen LogP contribution is -2.40. The van der Waals surface area contributed by atoms with Crippen LogP contribution in [0.4, 0.5) is 0 Å². The predicted octanol–water partition coefficient (Wildman–Crippen LogP) is 2.94. The molecule has 3 rings (SSSR count). The molecule has 1 fully saturated rings.